The van der Waals surface area contributed by atoms with Crippen molar-refractivity contribution in [1.82, 2.24) is 0 Å². The van der Waals surface area contributed by atoms with Crippen molar-refractivity contribution >= 4 is 38.7 Å². The van der Waals surface area contributed by atoms with Crippen LogP contribution in [-0.2, 0) is 11.2 Å². The molecule has 2 aliphatic rings. The average Bonchev–Trinajstić information content (AvgIpc) is 3.15. The fraction of sp³-hybridized carbons (Fsp3) is 0.348. The number of hydrogen-bond acceptors (Lipinski definition) is 3. The van der Waals surface area contributed by atoms with Crippen LogP contribution < -0.4 is 9.80 Å². The Kier molecular flexibility index (Phi) is 4.16. The summed E-state index contributed by atoms with van der Waals surface area (Å²) >= 11 is 1.85. The van der Waals surface area contributed by atoms with Crippen LogP contribution in [0, 0.1) is 0 Å². The molecule has 0 unspecified atom stereocenters. The molecule has 0 aliphatic carbocycles. The lowest BCUT2D eigenvalue weighted by Crippen LogP contribution is -2.33. The Bertz CT molecular complexity index is 1000. The highest BCUT2D eigenvalue weighted by Gasteiger charge is 2.25. The second kappa shape index (κ2) is 6.68. The summed E-state index contributed by atoms with van der Waals surface area (Å²) in [5.41, 5.74) is 5.28. The molecular formula is C23H24N2OS. The second-order valence-corrected chi connectivity index (χ2v) is 8.63. The van der Waals surface area contributed by atoms with E-state index in [1.54, 1.807) is 0 Å². The van der Waals surface area contributed by atoms with Crippen molar-refractivity contribution in [2.45, 2.75) is 31.6 Å². The number of amides is 1. The molecule has 27 heavy (non-hydrogen) atoms. The summed E-state index contributed by atoms with van der Waals surface area (Å²) in [5.74, 6) is 0.853. The third-order valence-electron chi connectivity index (χ3n) is 6.21. The van der Waals surface area contributed by atoms with Gasteiger partial charge in [0.05, 0.1) is 5.69 Å². The molecule has 3 heterocycles. The van der Waals surface area contributed by atoms with Gasteiger partial charge in [0.25, 0.3) is 0 Å². The molecule has 0 radical (unpaired) electrons. The van der Waals surface area contributed by atoms with E-state index in [4.69, 9.17) is 0 Å². The van der Waals surface area contributed by atoms with Crippen molar-refractivity contribution < 1.29 is 4.79 Å². The molecule has 0 spiro atoms. The van der Waals surface area contributed by atoms with Crippen LogP contribution in [0.3, 0.4) is 0 Å². The van der Waals surface area contributed by atoms with E-state index in [9.17, 15) is 4.79 Å². The van der Waals surface area contributed by atoms with Crippen LogP contribution in [0.5, 0.6) is 0 Å². The van der Waals surface area contributed by atoms with Crippen molar-refractivity contribution in [3.63, 3.8) is 0 Å². The first-order chi connectivity index (χ1) is 13.2. The highest BCUT2D eigenvalue weighted by Crippen LogP contribution is 2.38. The van der Waals surface area contributed by atoms with Gasteiger partial charge in [0.15, 0.2) is 0 Å². The molecule has 2 aromatic carbocycles. The first-order valence-corrected chi connectivity index (χ1v) is 10.7. The summed E-state index contributed by atoms with van der Waals surface area (Å²) in [6.45, 7) is 2.22. The standard InChI is InChI=1S/C23H24N2OS/c1-24-20-8-6-17(14-18(20)7-9-23(24)26)16-10-12-25(13-11-16)21-15-27-22-5-3-2-4-19(21)22/h2-6,8,14-16H,7,9-13H2,1H3. The molecule has 1 fully saturated rings. The number of nitrogens with zero attached hydrogens (tertiary/aromatic N) is 2. The van der Waals surface area contributed by atoms with Gasteiger partial charge in [0.2, 0.25) is 5.91 Å². The van der Waals surface area contributed by atoms with Crippen molar-refractivity contribution in [3.05, 3.63) is 59.0 Å². The lowest BCUT2D eigenvalue weighted by molar-refractivity contribution is -0.118. The molecule has 4 heteroatoms. The summed E-state index contributed by atoms with van der Waals surface area (Å²) in [6, 6.07) is 15.5. The van der Waals surface area contributed by atoms with Gasteiger partial charge in [-0.25, -0.2) is 0 Å². The third-order valence-corrected chi connectivity index (χ3v) is 7.17. The van der Waals surface area contributed by atoms with E-state index in [2.05, 4.69) is 52.7 Å². The Morgan fingerprint density at radius 3 is 2.67 bits per heavy atom. The zero-order chi connectivity index (χ0) is 18.4. The summed E-state index contributed by atoms with van der Waals surface area (Å²) in [5, 5.41) is 3.71. The van der Waals surface area contributed by atoms with Crippen molar-refractivity contribution in [1.29, 1.82) is 0 Å². The van der Waals surface area contributed by atoms with Gasteiger partial charge in [-0.3, -0.25) is 4.79 Å². The molecule has 5 rings (SSSR count). The maximum absolute atomic E-state index is 11.9. The molecule has 3 aromatic rings. The van der Waals surface area contributed by atoms with Crippen LogP contribution >= 0.6 is 11.3 Å². The van der Waals surface area contributed by atoms with Gasteiger partial charge in [-0.2, -0.15) is 0 Å². The first-order valence-electron chi connectivity index (χ1n) is 9.81. The quantitative estimate of drug-likeness (QED) is 0.614. The Labute approximate surface area is 164 Å². The molecule has 0 bridgehead atoms. The largest absolute Gasteiger partial charge is 0.370 e. The Morgan fingerprint density at radius 2 is 1.81 bits per heavy atom. The fourth-order valence-electron chi connectivity index (χ4n) is 4.59. The van der Waals surface area contributed by atoms with E-state index in [0.29, 0.717) is 12.3 Å². The van der Waals surface area contributed by atoms with E-state index in [-0.39, 0.29) is 5.91 Å². The van der Waals surface area contributed by atoms with Gasteiger partial charge < -0.3 is 9.80 Å². The second-order valence-electron chi connectivity index (χ2n) is 7.72. The zero-order valence-corrected chi connectivity index (χ0v) is 16.5. The molecule has 1 amide bonds. The number of thiophene rings is 1. The molecule has 0 N–H and O–H groups in total. The zero-order valence-electron chi connectivity index (χ0n) is 15.6. The fourth-order valence-corrected chi connectivity index (χ4v) is 5.56. The number of carbonyl (C=O) groups excluding carboxylic acids is 1. The van der Waals surface area contributed by atoms with Gasteiger partial charge in [-0.05, 0) is 48.4 Å². The van der Waals surface area contributed by atoms with E-state index in [1.807, 2.05) is 23.3 Å². The lowest BCUT2D eigenvalue weighted by Gasteiger charge is -2.34. The van der Waals surface area contributed by atoms with E-state index < -0.39 is 0 Å². The molecule has 138 valence electrons. The van der Waals surface area contributed by atoms with Crippen LogP contribution in [-0.4, -0.2) is 26.0 Å². The predicted octanol–water partition coefficient (Wildman–Crippen LogP) is 5.19. The monoisotopic (exact) mass is 376 g/mol. The van der Waals surface area contributed by atoms with Gasteiger partial charge in [-0.15, -0.1) is 11.3 Å². The highest BCUT2D eigenvalue weighted by molar-refractivity contribution is 7.17. The summed E-state index contributed by atoms with van der Waals surface area (Å²) < 4.78 is 1.38. The number of aryl methyl sites for hydroxylation is 1. The highest BCUT2D eigenvalue weighted by atomic mass is 32.1. The van der Waals surface area contributed by atoms with Crippen molar-refractivity contribution in [2.75, 3.05) is 29.9 Å². The Balaban J connectivity index is 1.33. The van der Waals surface area contributed by atoms with Crippen molar-refractivity contribution in [3.8, 4) is 0 Å². The predicted molar refractivity (Wildman–Crippen MR) is 114 cm³/mol. The maximum atomic E-state index is 11.9. The number of benzene rings is 2. The van der Waals surface area contributed by atoms with E-state index in [1.165, 1.54) is 39.7 Å². The molecule has 1 saturated heterocycles. The number of carbonyl (C=O) groups is 1. The third kappa shape index (κ3) is 2.92. The van der Waals surface area contributed by atoms with Gasteiger partial charge in [0.1, 0.15) is 0 Å². The van der Waals surface area contributed by atoms with Gasteiger partial charge >= 0.3 is 0 Å². The van der Waals surface area contributed by atoms with Gasteiger partial charge in [0, 0.05) is 47.7 Å². The van der Waals surface area contributed by atoms with E-state index in [0.717, 1.165) is 25.2 Å². The van der Waals surface area contributed by atoms with Crippen LogP contribution in [0.15, 0.2) is 47.8 Å². The smallest absolute Gasteiger partial charge is 0.227 e. The minimum Gasteiger partial charge on any atom is -0.370 e. The minimum atomic E-state index is 0.228. The molecule has 2 aliphatic heterocycles. The van der Waals surface area contributed by atoms with Crippen LogP contribution in [0.1, 0.15) is 36.3 Å². The summed E-state index contributed by atoms with van der Waals surface area (Å²) in [7, 11) is 1.89. The number of piperidine rings is 1. The van der Waals surface area contributed by atoms with Crippen LogP contribution in [0.2, 0.25) is 0 Å². The number of fused-ring (bicyclic) bond motifs is 2. The lowest BCUT2D eigenvalue weighted by atomic mass is 9.86. The first kappa shape index (κ1) is 16.8. The Morgan fingerprint density at radius 1 is 1.00 bits per heavy atom. The number of hydrogen-bond donors (Lipinski definition) is 0. The maximum Gasteiger partial charge on any atom is 0.227 e. The molecule has 1 aromatic heterocycles. The SMILES string of the molecule is CN1C(=O)CCc2cc(C3CCN(c4csc5ccccc45)CC3)ccc21. The number of anilines is 2. The average molecular weight is 377 g/mol. The topological polar surface area (TPSA) is 23.6 Å². The molecule has 3 nitrogen and oxygen atoms in total. The molecule has 0 saturated carbocycles. The molecular weight excluding hydrogens is 352 g/mol. The van der Waals surface area contributed by atoms with Crippen LogP contribution in [0.25, 0.3) is 10.1 Å². The number of rotatable bonds is 2. The summed E-state index contributed by atoms with van der Waals surface area (Å²) in [4.78, 5) is 16.3. The minimum absolute atomic E-state index is 0.228. The van der Waals surface area contributed by atoms with Gasteiger partial charge in [-0.1, -0.05) is 30.3 Å². The van der Waals surface area contributed by atoms with E-state index >= 15 is 0 Å². The normalized spacial score (nSPS) is 18.2. The summed E-state index contributed by atoms with van der Waals surface area (Å²) in [6.07, 6.45) is 3.90. The van der Waals surface area contributed by atoms with Crippen molar-refractivity contribution in [2.24, 2.45) is 0 Å². The Hall–Kier alpha value is -2.33. The van der Waals surface area contributed by atoms with Crippen LogP contribution in [0.4, 0.5) is 11.4 Å². The molecule has 0 atom stereocenters.